The van der Waals surface area contributed by atoms with Crippen molar-refractivity contribution < 1.29 is 17.2 Å². The third kappa shape index (κ3) is 3.32. The lowest BCUT2D eigenvalue weighted by atomic mass is 10.1. The van der Waals surface area contributed by atoms with Crippen LogP contribution in [0.4, 0.5) is 8.78 Å². The van der Waals surface area contributed by atoms with Crippen molar-refractivity contribution in [1.82, 2.24) is 4.31 Å². The maximum absolute atomic E-state index is 13.3. The Morgan fingerprint density at radius 1 is 1.26 bits per heavy atom. The van der Waals surface area contributed by atoms with E-state index in [-0.39, 0.29) is 24.3 Å². The van der Waals surface area contributed by atoms with Crippen LogP contribution in [-0.2, 0) is 15.4 Å². The molecule has 1 heterocycles. The molecular weight excluding hydrogens is 340 g/mol. The molecule has 0 aromatic heterocycles. The molecule has 1 aromatic carbocycles. The molecule has 1 fully saturated rings. The standard InChI is InChI=1S/C12H14BrF2NO2S/c13-8-10-2-4-11(5-3-10)19(17,18)16-7-1-6-12(14,15)9-16/h2-5H,1,6-9H2. The molecule has 0 spiro atoms. The van der Waals surface area contributed by atoms with Crippen molar-refractivity contribution in [1.29, 1.82) is 0 Å². The van der Waals surface area contributed by atoms with Crippen molar-refractivity contribution in [2.45, 2.75) is 29.0 Å². The molecule has 1 aliphatic rings. The number of hydrogen-bond donors (Lipinski definition) is 0. The highest BCUT2D eigenvalue weighted by molar-refractivity contribution is 9.08. The van der Waals surface area contributed by atoms with Crippen LogP contribution in [-0.4, -0.2) is 31.7 Å². The Morgan fingerprint density at radius 3 is 2.42 bits per heavy atom. The third-order valence-corrected chi connectivity index (χ3v) is 5.58. The van der Waals surface area contributed by atoms with Gasteiger partial charge in [0.25, 0.3) is 5.92 Å². The summed E-state index contributed by atoms with van der Waals surface area (Å²) in [5.41, 5.74) is 0.933. The van der Waals surface area contributed by atoms with Gasteiger partial charge in [0.1, 0.15) is 0 Å². The summed E-state index contributed by atoms with van der Waals surface area (Å²) in [7, 11) is -3.82. The summed E-state index contributed by atoms with van der Waals surface area (Å²) in [5.74, 6) is -2.93. The van der Waals surface area contributed by atoms with Crippen LogP contribution in [0.1, 0.15) is 18.4 Å². The fourth-order valence-corrected chi connectivity index (χ4v) is 3.92. The maximum atomic E-state index is 13.3. The minimum absolute atomic E-state index is 0.0647. The zero-order valence-corrected chi connectivity index (χ0v) is 12.6. The molecule has 1 aromatic rings. The van der Waals surface area contributed by atoms with Crippen molar-refractivity contribution >= 4 is 26.0 Å². The second-order valence-electron chi connectivity index (χ2n) is 4.58. The Balaban J connectivity index is 2.26. The van der Waals surface area contributed by atoms with Gasteiger partial charge in [-0.25, -0.2) is 17.2 Å². The lowest BCUT2D eigenvalue weighted by molar-refractivity contribution is -0.0434. The highest BCUT2D eigenvalue weighted by Crippen LogP contribution is 2.30. The van der Waals surface area contributed by atoms with Gasteiger partial charge in [0, 0.05) is 18.3 Å². The summed E-state index contributed by atoms with van der Waals surface area (Å²) in [6.45, 7) is -0.576. The van der Waals surface area contributed by atoms with Gasteiger partial charge in [-0.05, 0) is 24.1 Å². The zero-order valence-electron chi connectivity index (χ0n) is 10.2. The van der Waals surface area contributed by atoms with Crippen LogP contribution in [0.3, 0.4) is 0 Å². The van der Waals surface area contributed by atoms with E-state index >= 15 is 0 Å². The number of hydrogen-bond acceptors (Lipinski definition) is 2. The van der Waals surface area contributed by atoms with E-state index in [1.807, 2.05) is 0 Å². The van der Waals surface area contributed by atoms with Gasteiger partial charge in [0.05, 0.1) is 11.4 Å². The first kappa shape index (κ1) is 14.9. The van der Waals surface area contributed by atoms with Gasteiger partial charge in [-0.15, -0.1) is 0 Å². The van der Waals surface area contributed by atoms with E-state index in [1.165, 1.54) is 12.1 Å². The second kappa shape index (κ2) is 5.46. The molecule has 0 aliphatic carbocycles. The topological polar surface area (TPSA) is 37.4 Å². The van der Waals surface area contributed by atoms with Crippen molar-refractivity contribution in [3.8, 4) is 0 Å². The summed E-state index contributed by atoms with van der Waals surface area (Å²) in [6.07, 6.45) is -0.0622. The second-order valence-corrected chi connectivity index (χ2v) is 7.07. The monoisotopic (exact) mass is 353 g/mol. The molecule has 1 aliphatic heterocycles. The molecule has 19 heavy (non-hydrogen) atoms. The maximum Gasteiger partial charge on any atom is 0.261 e. The first-order valence-electron chi connectivity index (χ1n) is 5.88. The fourth-order valence-electron chi connectivity index (χ4n) is 2.03. The largest absolute Gasteiger partial charge is 0.261 e. The van der Waals surface area contributed by atoms with Crippen LogP contribution >= 0.6 is 15.9 Å². The first-order valence-corrected chi connectivity index (χ1v) is 8.44. The smallest absolute Gasteiger partial charge is 0.207 e. The molecule has 0 atom stereocenters. The minimum Gasteiger partial charge on any atom is -0.207 e. The molecule has 0 N–H and O–H groups in total. The Morgan fingerprint density at radius 2 is 1.89 bits per heavy atom. The minimum atomic E-state index is -3.82. The Bertz CT molecular complexity index is 545. The van der Waals surface area contributed by atoms with Gasteiger partial charge < -0.3 is 0 Å². The summed E-state index contributed by atoms with van der Waals surface area (Å²) >= 11 is 3.26. The van der Waals surface area contributed by atoms with E-state index in [0.29, 0.717) is 5.33 Å². The van der Waals surface area contributed by atoms with E-state index in [1.54, 1.807) is 12.1 Å². The lowest BCUT2D eigenvalue weighted by Gasteiger charge is -2.31. The quantitative estimate of drug-likeness (QED) is 0.783. The number of benzene rings is 1. The van der Waals surface area contributed by atoms with Crippen molar-refractivity contribution in [3.63, 3.8) is 0 Å². The van der Waals surface area contributed by atoms with Crippen LogP contribution < -0.4 is 0 Å². The number of piperidine rings is 1. The van der Waals surface area contributed by atoms with E-state index in [2.05, 4.69) is 15.9 Å². The molecule has 0 bridgehead atoms. The Hall–Kier alpha value is -0.530. The number of nitrogens with zero attached hydrogens (tertiary/aromatic N) is 1. The lowest BCUT2D eigenvalue weighted by Crippen LogP contribution is -2.45. The van der Waals surface area contributed by atoms with E-state index in [9.17, 15) is 17.2 Å². The molecule has 1 saturated heterocycles. The number of sulfonamides is 1. The molecular formula is C12H14BrF2NO2S. The van der Waals surface area contributed by atoms with Gasteiger partial charge in [-0.3, -0.25) is 0 Å². The van der Waals surface area contributed by atoms with Crippen LogP contribution in [0.15, 0.2) is 29.2 Å². The molecule has 3 nitrogen and oxygen atoms in total. The molecule has 0 radical (unpaired) electrons. The van der Waals surface area contributed by atoms with Gasteiger partial charge in [-0.1, -0.05) is 28.1 Å². The molecule has 0 unspecified atom stereocenters. The fraction of sp³-hybridized carbons (Fsp3) is 0.500. The molecule has 2 rings (SSSR count). The predicted molar refractivity (Wildman–Crippen MR) is 72.0 cm³/mol. The Labute approximate surface area is 119 Å². The molecule has 0 amide bonds. The SMILES string of the molecule is O=S(=O)(c1ccc(CBr)cc1)N1CCCC(F)(F)C1. The summed E-state index contributed by atoms with van der Waals surface area (Å²) in [4.78, 5) is 0.0647. The number of halogens is 3. The van der Waals surface area contributed by atoms with Gasteiger partial charge >= 0.3 is 0 Å². The Kier molecular flexibility index (Phi) is 4.27. The van der Waals surface area contributed by atoms with Crippen LogP contribution in [0, 0.1) is 0 Å². The predicted octanol–water partition coefficient (Wildman–Crippen LogP) is 3.00. The van der Waals surface area contributed by atoms with Crippen molar-refractivity contribution in [3.05, 3.63) is 29.8 Å². The third-order valence-electron chi connectivity index (χ3n) is 3.07. The van der Waals surface area contributed by atoms with Gasteiger partial charge in [0.2, 0.25) is 10.0 Å². The number of alkyl halides is 3. The first-order chi connectivity index (χ1) is 8.85. The van der Waals surface area contributed by atoms with E-state index < -0.39 is 22.5 Å². The number of rotatable bonds is 3. The highest BCUT2D eigenvalue weighted by atomic mass is 79.9. The summed E-state index contributed by atoms with van der Waals surface area (Å²) in [6, 6.07) is 6.25. The van der Waals surface area contributed by atoms with Crippen LogP contribution in [0.5, 0.6) is 0 Å². The van der Waals surface area contributed by atoms with Gasteiger partial charge in [0.15, 0.2) is 0 Å². The van der Waals surface area contributed by atoms with E-state index in [4.69, 9.17) is 0 Å². The average Bonchev–Trinajstić information content (AvgIpc) is 2.37. The molecule has 106 valence electrons. The summed E-state index contributed by atoms with van der Waals surface area (Å²) < 4.78 is 52.0. The van der Waals surface area contributed by atoms with Crippen molar-refractivity contribution in [2.24, 2.45) is 0 Å². The van der Waals surface area contributed by atoms with Crippen molar-refractivity contribution in [2.75, 3.05) is 13.1 Å². The normalized spacial score (nSPS) is 20.4. The zero-order chi connectivity index (χ0) is 14.1. The van der Waals surface area contributed by atoms with Gasteiger partial charge in [-0.2, -0.15) is 4.31 Å². The molecule has 0 saturated carbocycles. The van der Waals surface area contributed by atoms with Crippen LogP contribution in [0.2, 0.25) is 0 Å². The average molecular weight is 354 g/mol. The molecule has 7 heteroatoms. The van der Waals surface area contributed by atoms with E-state index in [0.717, 1.165) is 9.87 Å². The van der Waals surface area contributed by atoms with Crippen LogP contribution in [0.25, 0.3) is 0 Å². The summed E-state index contributed by atoms with van der Waals surface area (Å²) in [5, 5.41) is 0.620. The highest BCUT2D eigenvalue weighted by Gasteiger charge is 2.40.